The summed E-state index contributed by atoms with van der Waals surface area (Å²) in [4.78, 5) is 24.7. The van der Waals surface area contributed by atoms with Crippen molar-refractivity contribution in [1.82, 2.24) is 10.9 Å². The van der Waals surface area contributed by atoms with Crippen LogP contribution in [-0.4, -0.2) is 38.3 Å². The number of anilines is 2. The van der Waals surface area contributed by atoms with Crippen molar-refractivity contribution in [3.63, 3.8) is 0 Å². The van der Waals surface area contributed by atoms with Crippen molar-refractivity contribution < 1.29 is 22.7 Å². The molecule has 166 valence electrons. The number of nitrogens with one attached hydrogen (secondary N) is 4. The quantitative estimate of drug-likeness (QED) is 0.461. The maximum absolute atomic E-state index is 12.9. The van der Waals surface area contributed by atoms with Gasteiger partial charge in [-0.1, -0.05) is 11.6 Å². The van der Waals surface area contributed by atoms with Gasteiger partial charge in [-0.3, -0.25) is 14.9 Å². The van der Waals surface area contributed by atoms with Crippen LogP contribution in [0.1, 0.15) is 24.2 Å². The van der Waals surface area contributed by atoms with Crippen LogP contribution in [-0.2, 0) is 19.6 Å². The Balaban J connectivity index is 1.72. The summed E-state index contributed by atoms with van der Waals surface area (Å²) in [5.74, 6) is -1.87. The molecule has 0 spiro atoms. The summed E-state index contributed by atoms with van der Waals surface area (Å²) < 4.78 is 33.2. The van der Waals surface area contributed by atoms with E-state index in [2.05, 4.69) is 20.9 Å². The number of rotatable bonds is 7. The molecule has 3 rings (SSSR count). The van der Waals surface area contributed by atoms with Gasteiger partial charge in [0.2, 0.25) is 5.91 Å². The van der Waals surface area contributed by atoms with Crippen LogP contribution in [0, 0.1) is 5.92 Å². The van der Waals surface area contributed by atoms with Gasteiger partial charge in [-0.05, 0) is 62.4 Å². The summed E-state index contributed by atoms with van der Waals surface area (Å²) >= 11 is 5.84. The molecule has 0 radical (unpaired) electrons. The third-order valence-electron chi connectivity index (χ3n) is 4.72. The summed E-state index contributed by atoms with van der Waals surface area (Å²) in [6.07, 6.45) is 0. The predicted molar refractivity (Wildman–Crippen MR) is 118 cm³/mol. The maximum atomic E-state index is 12.9. The topological polar surface area (TPSA) is 126 Å². The zero-order valence-corrected chi connectivity index (χ0v) is 18.5. The zero-order valence-electron chi connectivity index (χ0n) is 16.9. The number of hydrazine groups is 1. The number of amides is 1. The molecule has 0 aliphatic carbocycles. The zero-order chi connectivity index (χ0) is 22.6. The van der Waals surface area contributed by atoms with Crippen LogP contribution in [0.4, 0.5) is 11.4 Å². The number of carbonyl (C=O) groups is 2. The maximum Gasteiger partial charge on any atom is 0.338 e. The van der Waals surface area contributed by atoms with Crippen LogP contribution in [0.25, 0.3) is 0 Å². The van der Waals surface area contributed by atoms with Gasteiger partial charge in [-0.2, -0.15) is 0 Å². The van der Waals surface area contributed by atoms with Crippen LogP contribution in [0.3, 0.4) is 0 Å². The monoisotopic (exact) mass is 466 g/mol. The highest BCUT2D eigenvalue weighted by molar-refractivity contribution is 7.93. The van der Waals surface area contributed by atoms with Gasteiger partial charge >= 0.3 is 5.97 Å². The number of hydrogen-bond donors (Lipinski definition) is 4. The average molecular weight is 467 g/mol. The second-order valence-corrected chi connectivity index (χ2v) is 9.20. The summed E-state index contributed by atoms with van der Waals surface area (Å²) in [6.45, 7) is 3.68. The Bertz CT molecular complexity index is 1040. The molecule has 1 aliphatic rings. The van der Waals surface area contributed by atoms with Crippen LogP contribution in [0.2, 0.25) is 5.02 Å². The fourth-order valence-electron chi connectivity index (χ4n) is 3.17. The molecular formula is C20H23ClN4O5S. The van der Waals surface area contributed by atoms with Gasteiger partial charge < -0.3 is 10.1 Å². The Kier molecular flexibility index (Phi) is 7.16. The number of esters is 1. The molecule has 0 saturated carbocycles. The van der Waals surface area contributed by atoms with E-state index in [9.17, 15) is 18.0 Å². The SMILES string of the molecule is CCOC(=O)c1ccc(NC(=O)C2C(C)NNC2S(=O)(=O)Nc2ccc(Cl)cc2)cc1. The molecule has 1 saturated heterocycles. The van der Waals surface area contributed by atoms with E-state index < -0.39 is 39.2 Å². The van der Waals surface area contributed by atoms with Crippen LogP contribution in [0.5, 0.6) is 0 Å². The van der Waals surface area contributed by atoms with E-state index in [0.29, 0.717) is 22.0 Å². The Morgan fingerprint density at radius 3 is 2.26 bits per heavy atom. The van der Waals surface area contributed by atoms with Gasteiger partial charge in [0.25, 0.3) is 10.0 Å². The van der Waals surface area contributed by atoms with Crippen molar-refractivity contribution in [2.75, 3.05) is 16.6 Å². The average Bonchev–Trinajstić information content (AvgIpc) is 3.13. The van der Waals surface area contributed by atoms with E-state index in [1.54, 1.807) is 38.1 Å². The molecule has 3 atom stereocenters. The van der Waals surface area contributed by atoms with Crippen molar-refractivity contribution >= 4 is 44.9 Å². The lowest BCUT2D eigenvalue weighted by Gasteiger charge is -2.21. The number of carbonyl (C=O) groups excluding carboxylic acids is 2. The molecule has 1 aliphatic heterocycles. The van der Waals surface area contributed by atoms with E-state index in [0.717, 1.165) is 0 Å². The Labute approximate surface area is 185 Å². The molecule has 0 aromatic heterocycles. The second-order valence-electron chi connectivity index (χ2n) is 6.96. The highest BCUT2D eigenvalue weighted by Gasteiger charge is 2.46. The standard InChI is InChI=1S/C20H23ClN4O5S/c1-3-30-20(27)13-4-8-15(9-5-13)22-18(26)17-12(2)23-24-19(17)31(28,29)25-16-10-6-14(21)7-11-16/h4-12,17,19,23-25H,3H2,1-2H3,(H,22,26). The highest BCUT2D eigenvalue weighted by atomic mass is 35.5. The van der Waals surface area contributed by atoms with Gasteiger partial charge in [-0.25, -0.2) is 18.6 Å². The largest absolute Gasteiger partial charge is 0.462 e. The number of halogens is 1. The summed E-state index contributed by atoms with van der Waals surface area (Å²) in [5, 5.41) is 1.97. The number of ether oxygens (including phenoxy) is 1. The number of hydrogen-bond acceptors (Lipinski definition) is 7. The Morgan fingerprint density at radius 1 is 1.03 bits per heavy atom. The number of benzene rings is 2. The third kappa shape index (κ3) is 5.53. The van der Waals surface area contributed by atoms with Crippen LogP contribution >= 0.6 is 11.6 Å². The van der Waals surface area contributed by atoms with E-state index in [1.165, 1.54) is 24.3 Å². The molecule has 2 aromatic rings. The molecule has 4 N–H and O–H groups in total. The first kappa shape index (κ1) is 23.0. The molecule has 1 fully saturated rings. The molecule has 3 unspecified atom stereocenters. The van der Waals surface area contributed by atoms with Crippen molar-refractivity contribution in [2.45, 2.75) is 25.3 Å². The third-order valence-corrected chi connectivity index (χ3v) is 6.57. The normalized spacial score (nSPS) is 20.8. The molecule has 1 heterocycles. The summed E-state index contributed by atoms with van der Waals surface area (Å²) in [7, 11) is -3.96. The fourth-order valence-corrected chi connectivity index (χ4v) is 4.85. The Morgan fingerprint density at radius 2 is 1.65 bits per heavy atom. The molecular weight excluding hydrogens is 444 g/mol. The first-order valence-corrected chi connectivity index (χ1v) is 11.5. The van der Waals surface area contributed by atoms with E-state index in [4.69, 9.17) is 16.3 Å². The Hall–Kier alpha value is -2.66. The molecule has 9 nitrogen and oxygen atoms in total. The van der Waals surface area contributed by atoms with Crippen molar-refractivity contribution in [2.24, 2.45) is 5.92 Å². The van der Waals surface area contributed by atoms with Gasteiger partial charge in [0.1, 0.15) is 0 Å². The molecule has 11 heteroatoms. The minimum atomic E-state index is -3.96. The summed E-state index contributed by atoms with van der Waals surface area (Å²) in [6, 6.07) is 11.9. The predicted octanol–water partition coefficient (Wildman–Crippen LogP) is 2.34. The second kappa shape index (κ2) is 9.65. The van der Waals surface area contributed by atoms with Gasteiger partial charge in [0, 0.05) is 22.4 Å². The van der Waals surface area contributed by atoms with E-state index in [1.807, 2.05) is 0 Å². The molecule has 1 amide bonds. The fraction of sp³-hybridized carbons (Fsp3) is 0.300. The van der Waals surface area contributed by atoms with Gasteiger partial charge in [0.15, 0.2) is 5.37 Å². The van der Waals surface area contributed by atoms with Crippen molar-refractivity contribution in [3.05, 3.63) is 59.1 Å². The van der Waals surface area contributed by atoms with E-state index in [-0.39, 0.29) is 6.61 Å². The van der Waals surface area contributed by atoms with Gasteiger partial charge in [0.05, 0.1) is 18.1 Å². The molecule has 2 aromatic carbocycles. The number of sulfonamides is 1. The minimum absolute atomic E-state index is 0.261. The van der Waals surface area contributed by atoms with Crippen LogP contribution in [0.15, 0.2) is 48.5 Å². The first-order chi connectivity index (χ1) is 14.7. The smallest absolute Gasteiger partial charge is 0.338 e. The first-order valence-electron chi connectivity index (χ1n) is 9.57. The minimum Gasteiger partial charge on any atom is -0.462 e. The van der Waals surface area contributed by atoms with Crippen molar-refractivity contribution in [1.29, 1.82) is 0 Å². The molecule has 31 heavy (non-hydrogen) atoms. The lowest BCUT2D eigenvalue weighted by atomic mass is 10.0. The lowest BCUT2D eigenvalue weighted by Crippen LogP contribution is -2.45. The highest BCUT2D eigenvalue weighted by Crippen LogP contribution is 2.24. The lowest BCUT2D eigenvalue weighted by molar-refractivity contribution is -0.119. The van der Waals surface area contributed by atoms with Gasteiger partial charge in [-0.15, -0.1) is 0 Å². The molecule has 0 bridgehead atoms. The van der Waals surface area contributed by atoms with Crippen LogP contribution < -0.4 is 20.9 Å². The van der Waals surface area contributed by atoms with E-state index >= 15 is 0 Å². The van der Waals surface area contributed by atoms with Crippen molar-refractivity contribution in [3.8, 4) is 0 Å². The summed E-state index contributed by atoms with van der Waals surface area (Å²) in [5.41, 5.74) is 6.61.